The molecule has 94 valence electrons. The third kappa shape index (κ3) is 1.94. The average molecular weight is 259 g/mol. The van der Waals surface area contributed by atoms with Crippen molar-refractivity contribution < 1.29 is 5.11 Å². The van der Waals surface area contributed by atoms with Gasteiger partial charge in [-0.05, 0) is 55.9 Å². The van der Waals surface area contributed by atoms with E-state index < -0.39 is 5.60 Å². The molecule has 2 fully saturated rings. The molecule has 2 heterocycles. The van der Waals surface area contributed by atoms with Gasteiger partial charge in [-0.25, -0.2) is 0 Å². The molecule has 3 heteroatoms. The van der Waals surface area contributed by atoms with Gasteiger partial charge < -0.3 is 5.11 Å². The summed E-state index contributed by atoms with van der Waals surface area (Å²) in [6.45, 7) is 2.03. The van der Waals surface area contributed by atoms with Crippen molar-refractivity contribution >= 4 is 11.8 Å². The number of aliphatic hydroxyl groups is 1. The molecule has 1 aromatic carbocycles. The van der Waals surface area contributed by atoms with Crippen LogP contribution in [-0.2, 0) is 5.60 Å². The number of rotatable bonds is 1. The molecule has 1 N–H and O–H groups in total. The maximum Gasteiger partial charge on any atom is 0.0991 e. The van der Waals surface area contributed by atoms with Crippen molar-refractivity contribution in [2.75, 3.05) is 0 Å². The Bertz CT molecular complexity index is 508. The second kappa shape index (κ2) is 4.29. The molecule has 2 aliphatic rings. The highest BCUT2D eigenvalue weighted by molar-refractivity contribution is 8.00. The van der Waals surface area contributed by atoms with Crippen molar-refractivity contribution in [3.63, 3.8) is 0 Å². The first-order chi connectivity index (χ1) is 8.60. The molecule has 2 aliphatic heterocycles. The van der Waals surface area contributed by atoms with Crippen LogP contribution in [-0.4, -0.2) is 15.6 Å². The zero-order valence-electron chi connectivity index (χ0n) is 10.5. The van der Waals surface area contributed by atoms with Crippen molar-refractivity contribution in [2.45, 2.75) is 48.7 Å². The first-order valence-corrected chi connectivity index (χ1v) is 7.44. The lowest BCUT2D eigenvalue weighted by Gasteiger charge is -2.37. The fraction of sp³-hybridized carbons (Fsp3) is 0.533. The summed E-state index contributed by atoms with van der Waals surface area (Å²) in [5, 5.41) is 21.2. The largest absolute Gasteiger partial charge is 0.385 e. The van der Waals surface area contributed by atoms with Crippen LogP contribution in [0, 0.1) is 18.3 Å². The predicted molar refractivity (Wildman–Crippen MR) is 73.4 cm³/mol. The van der Waals surface area contributed by atoms with Crippen LogP contribution >= 0.6 is 11.8 Å². The van der Waals surface area contributed by atoms with Crippen LogP contribution < -0.4 is 0 Å². The number of thioether (sulfide) groups is 1. The second-order valence-corrected chi connectivity index (χ2v) is 7.14. The van der Waals surface area contributed by atoms with Crippen LogP contribution in [0.2, 0.25) is 0 Å². The number of nitrogens with zero attached hydrogens (tertiary/aromatic N) is 1. The highest BCUT2D eigenvalue weighted by Gasteiger charge is 2.44. The Hall–Kier alpha value is -0.980. The van der Waals surface area contributed by atoms with E-state index in [0.29, 0.717) is 16.1 Å². The van der Waals surface area contributed by atoms with E-state index in [1.54, 1.807) is 0 Å². The van der Waals surface area contributed by atoms with Crippen molar-refractivity contribution in [1.82, 2.24) is 0 Å². The topological polar surface area (TPSA) is 44.0 Å². The minimum atomic E-state index is -0.714. The molecular weight excluding hydrogens is 242 g/mol. The van der Waals surface area contributed by atoms with Gasteiger partial charge in [-0.1, -0.05) is 6.07 Å². The Morgan fingerprint density at radius 1 is 1.33 bits per heavy atom. The third-order valence-corrected chi connectivity index (χ3v) is 5.77. The summed E-state index contributed by atoms with van der Waals surface area (Å²) >= 11 is 2.04. The number of hydrogen-bond acceptors (Lipinski definition) is 3. The summed E-state index contributed by atoms with van der Waals surface area (Å²) in [5.74, 6) is 0. The van der Waals surface area contributed by atoms with Gasteiger partial charge in [-0.2, -0.15) is 17.0 Å². The summed E-state index contributed by atoms with van der Waals surface area (Å²) in [4.78, 5) is 0. The number of aryl methyl sites for hydroxylation is 1. The van der Waals surface area contributed by atoms with Crippen molar-refractivity contribution in [3.05, 3.63) is 34.9 Å². The van der Waals surface area contributed by atoms with Crippen LogP contribution in [0.5, 0.6) is 0 Å². The van der Waals surface area contributed by atoms with E-state index in [4.69, 9.17) is 5.26 Å². The van der Waals surface area contributed by atoms with Gasteiger partial charge in [0.15, 0.2) is 0 Å². The molecule has 1 aromatic rings. The maximum absolute atomic E-state index is 11.0. The molecule has 18 heavy (non-hydrogen) atoms. The number of nitriles is 1. The Kier molecular flexibility index (Phi) is 2.88. The molecule has 2 saturated heterocycles. The van der Waals surface area contributed by atoms with Gasteiger partial charge in [0.1, 0.15) is 0 Å². The van der Waals surface area contributed by atoms with Gasteiger partial charge in [0.2, 0.25) is 0 Å². The molecule has 2 unspecified atom stereocenters. The van der Waals surface area contributed by atoms with Gasteiger partial charge in [0.25, 0.3) is 0 Å². The van der Waals surface area contributed by atoms with E-state index in [0.717, 1.165) is 24.0 Å². The van der Waals surface area contributed by atoms with E-state index in [-0.39, 0.29) is 0 Å². The molecule has 0 radical (unpaired) electrons. The fourth-order valence-corrected chi connectivity index (χ4v) is 5.16. The minimum Gasteiger partial charge on any atom is -0.385 e. The van der Waals surface area contributed by atoms with Gasteiger partial charge in [-0.3, -0.25) is 0 Å². The summed E-state index contributed by atoms with van der Waals surface area (Å²) in [6, 6.07) is 7.83. The summed E-state index contributed by atoms with van der Waals surface area (Å²) in [6.07, 6.45) is 4.14. The van der Waals surface area contributed by atoms with Crippen molar-refractivity contribution in [2.24, 2.45) is 0 Å². The molecular formula is C15H17NOS. The monoisotopic (exact) mass is 259 g/mol. The summed E-state index contributed by atoms with van der Waals surface area (Å²) in [7, 11) is 0. The van der Waals surface area contributed by atoms with Crippen molar-refractivity contribution in [3.8, 4) is 6.07 Å². The molecule has 2 atom stereocenters. The van der Waals surface area contributed by atoms with Crippen LogP contribution in [0.1, 0.15) is 42.4 Å². The van der Waals surface area contributed by atoms with Gasteiger partial charge in [0.05, 0.1) is 17.2 Å². The van der Waals surface area contributed by atoms with E-state index in [9.17, 15) is 5.11 Å². The highest BCUT2D eigenvalue weighted by atomic mass is 32.2. The average Bonchev–Trinajstić information content (AvgIpc) is 2.70. The van der Waals surface area contributed by atoms with Crippen LogP contribution in [0.15, 0.2) is 18.2 Å². The molecule has 0 spiro atoms. The third-order valence-electron chi connectivity index (χ3n) is 4.19. The molecule has 0 amide bonds. The zero-order chi connectivity index (χ0) is 12.8. The smallest absolute Gasteiger partial charge is 0.0991 e. The second-order valence-electron chi connectivity index (χ2n) is 5.54. The van der Waals surface area contributed by atoms with Crippen LogP contribution in [0.25, 0.3) is 0 Å². The van der Waals surface area contributed by atoms with E-state index in [2.05, 4.69) is 6.07 Å². The van der Waals surface area contributed by atoms with Gasteiger partial charge in [0, 0.05) is 10.5 Å². The molecule has 2 bridgehead atoms. The van der Waals surface area contributed by atoms with Crippen LogP contribution in [0.4, 0.5) is 0 Å². The molecule has 2 nitrogen and oxygen atoms in total. The molecule has 0 aromatic heterocycles. The SMILES string of the molecule is Cc1ccc(C#N)cc1C1(O)CC2CCC(C1)S2. The van der Waals surface area contributed by atoms with E-state index >= 15 is 0 Å². The summed E-state index contributed by atoms with van der Waals surface area (Å²) in [5.41, 5.74) is 2.00. The predicted octanol–water partition coefficient (Wildman–Crippen LogP) is 3.11. The van der Waals surface area contributed by atoms with E-state index in [1.807, 2.05) is 36.9 Å². The molecule has 0 saturated carbocycles. The highest BCUT2D eigenvalue weighted by Crippen LogP contribution is 2.51. The zero-order valence-corrected chi connectivity index (χ0v) is 11.3. The Morgan fingerprint density at radius 3 is 2.61 bits per heavy atom. The number of benzene rings is 1. The van der Waals surface area contributed by atoms with Crippen molar-refractivity contribution in [1.29, 1.82) is 5.26 Å². The normalized spacial score (nSPS) is 34.3. The lowest BCUT2D eigenvalue weighted by Crippen LogP contribution is -2.35. The number of fused-ring (bicyclic) bond motifs is 2. The molecule has 0 aliphatic carbocycles. The first-order valence-electron chi connectivity index (χ1n) is 6.50. The Balaban J connectivity index is 2.01. The summed E-state index contributed by atoms with van der Waals surface area (Å²) < 4.78 is 0. The quantitative estimate of drug-likeness (QED) is 0.842. The minimum absolute atomic E-state index is 0.596. The standard InChI is InChI=1S/C15H17NOS/c1-10-2-3-11(9-16)6-14(10)15(17)7-12-4-5-13(8-15)18-12/h2-3,6,12-13,17H,4-5,7-8H2,1H3. The van der Waals surface area contributed by atoms with Gasteiger partial charge in [-0.15, -0.1) is 0 Å². The Morgan fingerprint density at radius 2 is 2.00 bits per heavy atom. The fourth-order valence-electron chi connectivity index (χ4n) is 3.33. The van der Waals surface area contributed by atoms with E-state index in [1.165, 1.54) is 12.8 Å². The molecule has 3 rings (SSSR count). The first kappa shape index (κ1) is 12.1. The number of hydrogen-bond donors (Lipinski definition) is 1. The lowest BCUT2D eigenvalue weighted by molar-refractivity contribution is 0.0190. The maximum atomic E-state index is 11.0. The lowest BCUT2D eigenvalue weighted by atomic mass is 9.83. The Labute approximate surface area is 112 Å². The van der Waals surface area contributed by atoms with Crippen LogP contribution in [0.3, 0.4) is 0 Å². The van der Waals surface area contributed by atoms with Gasteiger partial charge >= 0.3 is 0 Å².